The number of carbonyl (C=O) groups is 1. The van der Waals surface area contributed by atoms with E-state index in [1.54, 1.807) is 6.08 Å². The largest absolute Gasteiger partial charge is 0.484 e. The van der Waals surface area contributed by atoms with Gasteiger partial charge in [0, 0.05) is 68.6 Å². The van der Waals surface area contributed by atoms with Gasteiger partial charge in [-0.2, -0.15) is 0 Å². The molecule has 4 atom stereocenters. The van der Waals surface area contributed by atoms with Gasteiger partial charge in [0.05, 0.1) is 12.2 Å². The van der Waals surface area contributed by atoms with E-state index >= 15 is 0 Å². The molecule has 6 rings (SSSR count). The number of guanidine groups is 1. The molecule has 0 bridgehead atoms. The molecule has 0 radical (unpaired) electrons. The van der Waals surface area contributed by atoms with Crippen LogP contribution in [0.2, 0.25) is 0 Å². The van der Waals surface area contributed by atoms with Crippen molar-refractivity contribution in [2.45, 2.75) is 90.6 Å². The number of piperidine rings is 1. The van der Waals surface area contributed by atoms with Crippen LogP contribution in [0.15, 0.2) is 84.5 Å². The number of allylic oxidation sites excluding steroid dienone is 2. The van der Waals surface area contributed by atoms with Crippen molar-refractivity contribution >= 4 is 23.4 Å². The Morgan fingerprint density at radius 3 is 2.51 bits per heavy atom. The minimum absolute atomic E-state index is 0.181. The highest BCUT2D eigenvalue weighted by Crippen LogP contribution is 2.39. The van der Waals surface area contributed by atoms with Gasteiger partial charge in [0.15, 0.2) is 6.17 Å². The average molecular weight is 753 g/mol. The topological polar surface area (TPSA) is 155 Å². The third-order valence-corrected chi connectivity index (χ3v) is 11.4. The Bertz CT molecular complexity index is 1770. The number of carbonyl (C=O) groups excluding carboxylic acids is 1. The lowest BCUT2D eigenvalue weighted by Gasteiger charge is -2.40. The molecule has 2 fully saturated rings. The Balaban J connectivity index is 1.11. The van der Waals surface area contributed by atoms with E-state index in [0.29, 0.717) is 42.1 Å². The van der Waals surface area contributed by atoms with E-state index in [-0.39, 0.29) is 29.8 Å². The maximum atomic E-state index is 13.8. The Labute approximate surface area is 327 Å². The molecule has 4 aliphatic rings. The van der Waals surface area contributed by atoms with Crippen molar-refractivity contribution in [3.05, 3.63) is 101 Å². The second kappa shape index (κ2) is 18.0. The zero-order chi connectivity index (χ0) is 39.1. The lowest BCUT2D eigenvalue weighted by Crippen LogP contribution is -2.79. The summed E-state index contributed by atoms with van der Waals surface area (Å²) in [6, 6.07) is 16.5. The third-order valence-electron chi connectivity index (χ3n) is 11.4. The lowest BCUT2D eigenvalue weighted by atomic mass is 9.85. The number of hydrogen-bond donors (Lipinski definition) is 6. The lowest BCUT2D eigenvalue weighted by molar-refractivity contribution is -0.522. The molecular weight excluding hydrogens is 689 g/mol. The molecule has 1 aliphatic carbocycles. The second-order valence-electron chi connectivity index (χ2n) is 16.7. The summed E-state index contributed by atoms with van der Waals surface area (Å²) in [6.07, 6.45) is 13.0. The van der Waals surface area contributed by atoms with Gasteiger partial charge in [0.1, 0.15) is 17.6 Å². The van der Waals surface area contributed by atoms with Crippen molar-refractivity contribution in [1.29, 1.82) is 10.8 Å². The molecule has 2 aromatic rings. The van der Waals surface area contributed by atoms with Gasteiger partial charge in [-0.25, -0.2) is 4.79 Å². The molecular formula is C43H64N10O2+2. The number of likely N-dealkylation sites (N-methyl/N-ethyl adjacent to an activating group) is 1. The number of amides is 2. The van der Waals surface area contributed by atoms with Gasteiger partial charge in [0.25, 0.3) is 0 Å². The molecule has 12 heteroatoms. The predicted molar refractivity (Wildman–Crippen MR) is 218 cm³/mol. The second-order valence-corrected chi connectivity index (χ2v) is 16.7. The van der Waals surface area contributed by atoms with Crippen LogP contribution < -0.4 is 21.7 Å². The SMILES string of the molecule is CC1CCCCN1C(=N)N1C=C(OC2CCC(NC(=O)NC(=CC(=N)C(C)(C)C)[NH2+]c3cccc(CCN4CCN(C)CC4)c3)c3ccccc32)C=CC1[NH3+]. The van der Waals surface area contributed by atoms with Gasteiger partial charge >= 0.3 is 6.03 Å². The first-order chi connectivity index (χ1) is 26.3. The highest BCUT2D eigenvalue weighted by atomic mass is 16.5. The van der Waals surface area contributed by atoms with Crippen LogP contribution in [0, 0.1) is 16.2 Å². The molecule has 55 heavy (non-hydrogen) atoms. The molecule has 3 heterocycles. The summed E-state index contributed by atoms with van der Waals surface area (Å²) in [7, 11) is 2.18. The van der Waals surface area contributed by atoms with Crippen LogP contribution in [0.5, 0.6) is 0 Å². The van der Waals surface area contributed by atoms with Crippen LogP contribution in [0.25, 0.3) is 0 Å². The first kappa shape index (κ1) is 40.2. The minimum atomic E-state index is -0.375. The maximum absolute atomic E-state index is 13.8. The van der Waals surface area contributed by atoms with Gasteiger partial charge in [-0.1, -0.05) is 57.2 Å². The van der Waals surface area contributed by atoms with E-state index in [0.717, 1.165) is 75.3 Å². The molecule has 0 saturated carbocycles. The summed E-state index contributed by atoms with van der Waals surface area (Å²) in [5.41, 5.74) is 8.65. The summed E-state index contributed by atoms with van der Waals surface area (Å²) in [6.45, 7) is 14.5. The maximum Gasteiger partial charge on any atom is 0.323 e. The molecule has 4 unspecified atom stereocenters. The van der Waals surface area contributed by atoms with E-state index in [9.17, 15) is 4.79 Å². The average Bonchev–Trinajstić information content (AvgIpc) is 3.16. The predicted octanol–water partition coefficient (Wildman–Crippen LogP) is 4.56. The number of urea groups is 1. The number of nitrogens with one attached hydrogen (secondary N) is 4. The molecule has 0 spiro atoms. The fraction of sp³-hybridized carbons (Fsp3) is 0.512. The van der Waals surface area contributed by atoms with E-state index in [4.69, 9.17) is 15.6 Å². The number of piperazine rings is 1. The Morgan fingerprint density at radius 1 is 1.00 bits per heavy atom. The van der Waals surface area contributed by atoms with Gasteiger partial charge in [-0.15, -0.1) is 0 Å². The number of quaternary nitrogens is 2. The van der Waals surface area contributed by atoms with E-state index in [1.165, 1.54) is 12.0 Å². The number of nitrogens with two attached hydrogens (primary N) is 1. The van der Waals surface area contributed by atoms with Crippen LogP contribution in [-0.4, -0.2) is 95.8 Å². The molecule has 296 valence electrons. The first-order valence-electron chi connectivity index (χ1n) is 20.2. The Hall–Kier alpha value is -4.49. The number of fused-ring (bicyclic) bond motifs is 1. The van der Waals surface area contributed by atoms with Crippen molar-refractivity contribution in [3.63, 3.8) is 0 Å². The summed E-state index contributed by atoms with van der Waals surface area (Å²) >= 11 is 0. The molecule has 2 aromatic carbocycles. The zero-order valence-corrected chi connectivity index (χ0v) is 33.6. The van der Waals surface area contributed by atoms with E-state index in [2.05, 4.69) is 81.4 Å². The van der Waals surface area contributed by atoms with Crippen molar-refractivity contribution in [1.82, 2.24) is 30.2 Å². The fourth-order valence-corrected chi connectivity index (χ4v) is 7.80. The van der Waals surface area contributed by atoms with Crippen molar-refractivity contribution in [3.8, 4) is 0 Å². The molecule has 2 amide bonds. The van der Waals surface area contributed by atoms with E-state index < -0.39 is 0 Å². The standard InChI is InChI=1S/C43H62N10O2/c1-30-11-8-9-21-52(30)41(46)53-29-33(16-19-39(53)45)55-37-18-17-36(34-14-6-7-15-35(34)37)48-42(54)49-40(28-38(44)43(2,3)4)47-32-13-10-12-31(27-32)20-22-51-25-23-50(5)24-26-51/h6-7,10,12-16,19,27-30,36-37,39,44,46-47H,8-9,11,17-18,20-26,45H2,1-5H3,(H2,48,49,54)/p+2. The molecule has 12 nitrogen and oxygen atoms in total. The van der Waals surface area contributed by atoms with Gasteiger partial charge in [-0.3, -0.25) is 20.9 Å². The van der Waals surface area contributed by atoms with Crippen LogP contribution >= 0.6 is 0 Å². The van der Waals surface area contributed by atoms with Crippen LogP contribution in [-0.2, 0) is 11.2 Å². The molecule has 2 saturated heterocycles. The highest BCUT2D eigenvalue weighted by Gasteiger charge is 2.33. The van der Waals surface area contributed by atoms with Crippen LogP contribution in [0.4, 0.5) is 10.5 Å². The number of benzene rings is 2. The number of nitrogens with zero attached hydrogens (tertiary/aromatic N) is 4. The van der Waals surface area contributed by atoms with Gasteiger partial charge in [-0.05, 0) is 87.4 Å². The molecule has 0 aromatic heterocycles. The minimum Gasteiger partial charge on any atom is -0.484 e. The summed E-state index contributed by atoms with van der Waals surface area (Å²) in [5, 5.41) is 26.1. The number of ether oxygens (including phenoxy) is 1. The molecule has 9 N–H and O–H groups in total. The third kappa shape index (κ3) is 10.6. The smallest absolute Gasteiger partial charge is 0.323 e. The van der Waals surface area contributed by atoms with Crippen LogP contribution in [0.3, 0.4) is 0 Å². The molecule has 3 aliphatic heterocycles. The number of rotatable bonds is 10. The van der Waals surface area contributed by atoms with Crippen LogP contribution in [0.1, 0.15) is 88.6 Å². The summed E-state index contributed by atoms with van der Waals surface area (Å²) in [5.74, 6) is 1.75. The summed E-state index contributed by atoms with van der Waals surface area (Å²) in [4.78, 5) is 22.7. The zero-order valence-electron chi connectivity index (χ0n) is 33.6. The Morgan fingerprint density at radius 2 is 1.76 bits per heavy atom. The van der Waals surface area contributed by atoms with Crippen molar-refractivity contribution in [2.75, 3.05) is 46.3 Å². The van der Waals surface area contributed by atoms with E-state index in [1.807, 2.05) is 61.5 Å². The normalized spacial score (nSPS) is 23.8. The highest BCUT2D eigenvalue weighted by molar-refractivity contribution is 5.97. The monoisotopic (exact) mass is 753 g/mol. The number of hydrogen-bond acceptors (Lipinski definition) is 6. The van der Waals surface area contributed by atoms with Crippen molar-refractivity contribution in [2.24, 2.45) is 5.41 Å². The number of likely N-dealkylation sites (tertiary alicyclic amines) is 1. The van der Waals surface area contributed by atoms with Gasteiger partial charge < -0.3 is 35.9 Å². The van der Waals surface area contributed by atoms with Crippen molar-refractivity contribution < 1.29 is 20.6 Å². The summed E-state index contributed by atoms with van der Waals surface area (Å²) < 4.78 is 6.65. The van der Waals surface area contributed by atoms with Gasteiger partial charge in [0.2, 0.25) is 11.8 Å². The quantitative estimate of drug-likeness (QED) is 0.119. The Kier molecular flexibility index (Phi) is 13.1. The fourth-order valence-electron chi connectivity index (χ4n) is 7.80. The first-order valence-corrected chi connectivity index (χ1v) is 20.2.